The van der Waals surface area contributed by atoms with E-state index in [2.05, 4.69) is 0 Å². The van der Waals surface area contributed by atoms with E-state index in [1.165, 1.54) is 6.92 Å². The number of hydrogen-bond acceptors (Lipinski definition) is 2. The molecule has 1 aliphatic heterocycles. The van der Waals surface area contributed by atoms with E-state index in [9.17, 15) is 9.90 Å². The molecular weight excluding hydrogens is 130 g/mol. The average molecular weight is 143 g/mol. The fourth-order valence-electron chi connectivity index (χ4n) is 1.21. The number of carbonyl (C=O) groups excluding carboxylic acids is 1. The summed E-state index contributed by atoms with van der Waals surface area (Å²) in [7, 11) is 0. The van der Waals surface area contributed by atoms with Gasteiger partial charge in [-0.15, -0.1) is 0 Å². The van der Waals surface area contributed by atoms with Gasteiger partial charge in [0.05, 0.1) is 6.10 Å². The number of aliphatic hydroxyl groups excluding tert-OH is 1. The van der Waals surface area contributed by atoms with Crippen LogP contribution in [-0.4, -0.2) is 35.1 Å². The lowest BCUT2D eigenvalue weighted by molar-refractivity contribution is -0.128. The van der Waals surface area contributed by atoms with Crippen molar-refractivity contribution < 1.29 is 9.90 Å². The fraction of sp³-hybridized carbons (Fsp3) is 0.857. The van der Waals surface area contributed by atoms with Crippen LogP contribution in [0.4, 0.5) is 0 Å². The zero-order chi connectivity index (χ0) is 7.72. The Labute approximate surface area is 60.6 Å². The topological polar surface area (TPSA) is 40.5 Å². The molecule has 3 heteroatoms. The predicted molar refractivity (Wildman–Crippen MR) is 37.4 cm³/mol. The lowest BCUT2D eigenvalue weighted by Gasteiger charge is -2.11. The molecule has 1 rings (SSSR count). The van der Waals surface area contributed by atoms with Crippen LogP contribution in [0.1, 0.15) is 13.8 Å². The first-order valence-corrected chi connectivity index (χ1v) is 3.55. The first kappa shape index (κ1) is 7.54. The lowest BCUT2D eigenvalue weighted by atomic mass is 10.1. The van der Waals surface area contributed by atoms with E-state index < -0.39 is 0 Å². The van der Waals surface area contributed by atoms with E-state index in [4.69, 9.17) is 0 Å². The highest BCUT2D eigenvalue weighted by Gasteiger charge is 2.28. The molecule has 1 saturated heterocycles. The SMILES string of the molecule is CC(=O)N1C[C@@H](C)[C@H](O)C1. The molecule has 3 nitrogen and oxygen atoms in total. The van der Waals surface area contributed by atoms with Gasteiger partial charge >= 0.3 is 0 Å². The molecule has 0 aromatic heterocycles. The first-order chi connectivity index (χ1) is 4.61. The maximum absolute atomic E-state index is 10.8. The molecule has 10 heavy (non-hydrogen) atoms. The van der Waals surface area contributed by atoms with Crippen molar-refractivity contribution >= 4 is 5.91 Å². The molecule has 0 spiro atoms. The largest absolute Gasteiger partial charge is 0.391 e. The van der Waals surface area contributed by atoms with Gasteiger partial charge in [0.1, 0.15) is 0 Å². The molecule has 0 bridgehead atoms. The maximum atomic E-state index is 10.8. The van der Waals surface area contributed by atoms with Crippen molar-refractivity contribution in [3.63, 3.8) is 0 Å². The van der Waals surface area contributed by atoms with Crippen LogP contribution in [0.5, 0.6) is 0 Å². The van der Waals surface area contributed by atoms with Gasteiger partial charge < -0.3 is 10.0 Å². The summed E-state index contributed by atoms with van der Waals surface area (Å²) in [6.07, 6.45) is -0.316. The number of hydrogen-bond donors (Lipinski definition) is 1. The van der Waals surface area contributed by atoms with Gasteiger partial charge in [-0.2, -0.15) is 0 Å². The molecule has 58 valence electrons. The highest BCUT2D eigenvalue weighted by molar-refractivity contribution is 5.73. The smallest absolute Gasteiger partial charge is 0.219 e. The quantitative estimate of drug-likeness (QED) is 0.512. The van der Waals surface area contributed by atoms with Crippen LogP contribution >= 0.6 is 0 Å². The summed E-state index contributed by atoms with van der Waals surface area (Å²) in [5.74, 6) is 0.298. The summed E-state index contributed by atoms with van der Waals surface area (Å²) >= 11 is 0. The van der Waals surface area contributed by atoms with Crippen LogP contribution < -0.4 is 0 Å². The molecule has 0 aromatic rings. The fourth-order valence-corrected chi connectivity index (χ4v) is 1.21. The number of aliphatic hydroxyl groups is 1. The second-order valence-corrected chi connectivity index (χ2v) is 2.97. The monoisotopic (exact) mass is 143 g/mol. The molecule has 0 saturated carbocycles. The highest BCUT2D eigenvalue weighted by Crippen LogP contribution is 2.15. The lowest BCUT2D eigenvalue weighted by Crippen LogP contribution is -2.26. The van der Waals surface area contributed by atoms with Crippen molar-refractivity contribution in [3.05, 3.63) is 0 Å². The maximum Gasteiger partial charge on any atom is 0.219 e. The second kappa shape index (κ2) is 2.58. The predicted octanol–water partition coefficient (Wildman–Crippen LogP) is -0.155. The summed E-state index contributed by atoms with van der Waals surface area (Å²) in [5.41, 5.74) is 0. The minimum atomic E-state index is -0.316. The van der Waals surface area contributed by atoms with Gasteiger partial charge in [0, 0.05) is 25.9 Å². The van der Waals surface area contributed by atoms with Crippen molar-refractivity contribution in [3.8, 4) is 0 Å². The Morgan fingerprint density at radius 2 is 2.20 bits per heavy atom. The molecule has 1 aliphatic rings. The summed E-state index contributed by atoms with van der Waals surface area (Å²) in [5, 5.41) is 9.22. The Morgan fingerprint density at radius 3 is 2.40 bits per heavy atom. The van der Waals surface area contributed by atoms with E-state index in [0.29, 0.717) is 13.1 Å². The third-order valence-corrected chi connectivity index (χ3v) is 2.02. The zero-order valence-corrected chi connectivity index (χ0v) is 6.37. The van der Waals surface area contributed by atoms with E-state index in [1.807, 2.05) is 6.92 Å². The Morgan fingerprint density at radius 1 is 1.60 bits per heavy atom. The van der Waals surface area contributed by atoms with Gasteiger partial charge in [0.25, 0.3) is 0 Å². The molecular formula is C7H13NO2. The third-order valence-electron chi connectivity index (χ3n) is 2.02. The van der Waals surface area contributed by atoms with E-state index >= 15 is 0 Å². The van der Waals surface area contributed by atoms with Gasteiger partial charge in [0.15, 0.2) is 0 Å². The van der Waals surface area contributed by atoms with Gasteiger partial charge in [-0.3, -0.25) is 4.79 Å². The Balaban J connectivity index is 2.49. The number of likely N-dealkylation sites (tertiary alicyclic amines) is 1. The molecule has 1 amide bonds. The molecule has 0 unspecified atom stereocenters. The molecule has 1 N–H and O–H groups in total. The van der Waals surface area contributed by atoms with Crippen molar-refractivity contribution in [2.24, 2.45) is 5.92 Å². The van der Waals surface area contributed by atoms with Crippen LogP contribution in [-0.2, 0) is 4.79 Å². The minimum Gasteiger partial charge on any atom is -0.391 e. The number of nitrogens with zero attached hydrogens (tertiary/aromatic N) is 1. The van der Waals surface area contributed by atoms with Crippen molar-refractivity contribution in [2.75, 3.05) is 13.1 Å². The zero-order valence-electron chi connectivity index (χ0n) is 6.37. The molecule has 0 radical (unpaired) electrons. The summed E-state index contributed by atoms with van der Waals surface area (Å²) in [4.78, 5) is 12.4. The van der Waals surface area contributed by atoms with Crippen molar-refractivity contribution in [1.29, 1.82) is 0 Å². The molecule has 1 heterocycles. The van der Waals surface area contributed by atoms with Crippen LogP contribution in [0.3, 0.4) is 0 Å². The van der Waals surface area contributed by atoms with E-state index in [1.54, 1.807) is 4.90 Å². The van der Waals surface area contributed by atoms with E-state index in [-0.39, 0.29) is 17.9 Å². The van der Waals surface area contributed by atoms with Crippen LogP contribution in [0, 0.1) is 5.92 Å². The molecule has 2 atom stereocenters. The van der Waals surface area contributed by atoms with Gasteiger partial charge in [-0.25, -0.2) is 0 Å². The number of amides is 1. The summed E-state index contributed by atoms with van der Waals surface area (Å²) < 4.78 is 0. The normalized spacial score (nSPS) is 32.9. The van der Waals surface area contributed by atoms with Crippen LogP contribution in [0.25, 0.3) is 0 Å². The number of β-amino-alcohol motifs (C(OH)–C–C–N with tert-alkyl or cyclic N) is 1. The molecule has 0 aliphatic carbocycles. The second-order valence-electron chi connectivity index (χ2n) is 2.97. The highest BCUT2D eigenvalue weighted by atomic mass is 16.3. The van der Waals surface area contributed by atoms with Gasteiger partial charge in [-0.1, -0.05) is 6.92 Å². The van der Waals surface area contributed by atoms with Crippen LogP contribution in [0.2, 0.25) is 0 Å². The first-order valence-electron chi connectivity index (χ1n) is 3.55. The summed E-state index contributed by atoms with van der Waals surface area (Å²) in [6, 6.07) is 0. The minimum absolute atomic E-state index is 0.0587. The van der Waals surface area contributed by atoms with E-state index in [0.717, 1.165) is 0 Å². The molecule has 0 aromatic carbocycles. The van der Waals surface area contributed by atoms with Crippen molar-refractivity contribution in [1.82, 2.24) is 4.90 Å². The summed E-state index contributed by atoms with van der Waals surface area (Å²) in [6.45, 7) is 4.70. The Hall–Kier alpha value is -0.570. The third kappa shape index (κ3) is 1.29. The average Bonchev–Trinajstić information content (AvgIpc) is 2.13. The Kier molecular flexibility index (Phi) is 1.94. The van der Waals surface area contributed by atoms with Crippen molar-refractivity contribution in [2.45, 2.75) is 20.0 Å². The number of carbonyl (C=O) groups is 1. The standard InChI is InChI=1S/C7H13NO2/c1-5-3-8(6(2)9)4-7(5)10/h5,7,10H,3-4H2,1-2H3/t5-,7-/m1/s1. The van der Waals surface area contributed by atoms with Crippen LogP contribution in [0.15, 0.2) is 0 Å². The molecule has 1 fully saturated rings. The Bertz CT molecular complexity index is 137. The van der Waals surface area contributed by atoms with Gasteiger partial charge in [0.2, 0.25) is 5.91 Å². The number of rotatable bonds is 0. The van der Waals surface area contributed by atoms with Gasteiger partial charge in [-0.05, 0) is 0 Å².